The number of hydrogen-bond acceptors (Lipinski definition) is 3. The molecule has 1 aromatic heterocycles. The van der Waals surface area contributed by atoms with Crippen LogP contribution in [0, 0.1) is 6.92 Å². The highest BCUT2D eigenvalue weighted by Crippen LogP contribution is 2.29. The van der Waals surface area contributed by atoms with Crippen LogP contribution in [0.4, 0.5) is 11.5 Å². The quantitative estimate of drug-likeness (QED) is 0.841. The molecule has 0 aliphatic carbocycles. The van der Waals surface area contributed by atoms with Crippen molar-refractivity contribution in [3.8, 4) is 0 Å². The molecule has 0 saturated carbocycles. The Kier molecular flexibility index (Phi) is 4.38. The molecular weight excluding hydrogens is 258 g/mol. The van der Waals surface area contributed by atoms with Crippen LogP contribution in [0.3, 0.4) is 0 Å². The number of nitrogens with one attached hydrogen (secondary N) is 1. The standard InChI is InChI=1S/C15H18ClN3/c1-4-12-9-15(18-11(3)17-12)19-14-8-6-5-7-13(14)10(2)16/h5-10H,4H2,1-3H3,(H,17,18,19). The lowest BCUT2D eigenvalue weighted by atomic mass is 10.1. The van der Waals surface area contributed by atoms with E-state index in [4.69, 9.17) is 11.6 Å². The van der Waals surface area contributed by atoms with Crippen molar-refractivity contribution in [1.82, 2.24) is 9.97 Å². The van der Waals surface area contributed by atoms with Crippen LogP contribution in [0.15, 0.2) is 30.3 Å². The highest BCUT2D eigenvalue weighted by Gasteiger charge is 2.08. The Morgan fingerprint density at radius 2 is 2.00 bits per heavy atom. The van der Waals surface area contributed by atoms with Crippen molar-refractivity contribution in [2.75, 3.05) is 5.32 Å². The minimum Gasteiger partial charge on any atom is -0.340 e. The summed E-state index contributed by atoms with van der Waals surface area (Å²) in [6.07, 6.45) is 0.894. The number of aromatic nitrogens is 2. The number of para-hydroxylation sites is 1. The van der Waals surface area contributed by atoms with Crippen LogP contribution in [-0.4, -0.2) is 9.97 Å². The molecule has 0 radical (unpaired) electrons. The van der Waals surface area contributed by atoms with Gasteiger partial charge in [0.15, 0.2) is 0 Å². The molecule has 100 valence electrons. The zero-order chi connectivity index (χ0) is 13.8. The summed E-state index contributed by atoms with van der Waals surface area (Å²) in [5.74, 6) is 1.59. The summed E-state index contributed by atoms with van der Waals surface area (Å²) in [6.45, 7) is 5.95. The van der Waals surface area contributed by atoms with E-state index in [1.807, 2.05) is 44.2 Å². The van der Waals surface area contributed by atoms with Crippen molar-refractivity contribution in [3.05, 3.63) is 47.4 Å². The minimum atomic E-state index is -0.0442. The Hall–Kier alpha value is -1.61. The Labute approximate surface area is 119 Å². The lowest BCUT2D eigenvalue weighted by molar-refractivity contribution is 0.952. The number of halogens is 1. The third-order valence-corrected chi connectivity index (χ3v) is 3.14. The third kappa shape index (κ3) is 3.44. The highest BCUT2D eigenvalue weighted by molar-refractivity contribution is 6.21. The first-order valence-corrected chi connectivity index (χ1v) is 6.88. The van der Waals surface area contributed by atoms with Gasteiger partial charge < -0.3 is 5.32 Å². The van der Waals surface area contributed by atoms with E-state index in [9.17, 15) is 0 Å². The molecule has 0 saturated heterocycles. The minimum absolute atomic E-state index is 0.0442. The summed E-state index contributed by atoms with van der Waals surface area (Å²) >= 11 is 6.19. The van der Waals surface area contributed by atoms with Crippen LogP contribution < -0.4 is 5.32 Å². The topological polar surface area (TPSA) is 37.8 Å². The van der Waals surface area contributed by atoms with Crippen LogP contribution in [0.1, 0.15) is 36.3 Å². The van der Waals surface area contributed by atoms with Gasteiger partial charge in [-0.25, -0.2) is 9.97 Å². The van der Waals surface area contributed by atoms with Crippen molar-refractivity contribution in [2.45, 2.75) is 32.6 Å². The van der Waals surface area contributed by atoms with Crippen LogP contribution in [0.2, 0.25) is 0 Å². The van der Waals surface area contributed by atoms with Crippen molar-refractivity contribution in [3.63, 3.8) is 0 Å². The molecule has 1 heterocycles. The molecule has 4 heteroatoms. The number of nitrogens with zero attached hydrogens (tertiary/aromatic N) is 2. The van der Waals surface area contributed by atoms with E-state index < -0.39 is 0 Å². The van der Waals surface area contributed by atoms with E-state index in [2.05, 4.69) is 22.2 Å². The third-order valence-electron chi connectivity index (χ3n) is 2.91. The van der Waals surface area contributed by atoms with Crippen LogP contribution in [-0.2, 0) is 6.42 Å². The van der Waals surface area contributed by atoms with Crippen molar-refractivity contribution >= 4 is 23.1 Å². The van der Waals surface area contributed by atoms with Gasteiger partial charge in [-0.05, 0) is 31.9 Å². The molecule has 0 aliphatic rings. The van der Waals surface area contributed by atoms with E-state index in [1.54, 1.807) is 0 Å². The second-order valence-electron chi connectivity index (χ2n) is 4.47. The van der Waals surface area contributed by atoms with Crippen LogP contribution in [0.5, 0.6) is 0 Å². The van der Waals surface area contributed by atoms with Crippen molar-refractivity contribution in [1.29, 1.82) is 0 Å². The van der Waals surface area contributed by atoms with Gasteiger partial charge in [-0.2, -0.15) is 0 Å². The lowest BCUT2D eigenvalue weighted by Crippen LogP contribution is -2.02. The SMILES string of the molecule is CCc1cc(Nc2ccccc2C(C)Cl)nc(C)n1. The normalized spacial score (nSPS) is 12.2. The summed E-state index contributed by atoms with van der Waals surface area (Å²) < 4.78 is 0. The summed E-state index contributed by atoms with van der Waals surface area (Å²) in [5, 5.41) is 3.29. The van der Waals surface area contributed by atoms with E-state index >= 15 is 0 Å². The second-order valence-corrected chi connectivity index (χ2v) is 5.13. The summed E-state index contributed by atoms with van der Waals surface area (Å²) in [5.41, 5.74) is 3.09. The first-order valence-electron chi connectivity index (χ1n) is 6.44. The van der Waals surface area contributed by atoms with Gasteiger partial charge in [-0.1, -0.05) is 25.1 Å². The molecule has 2 rings (SSSR count). The largest absolute Gasteiger partial charge is 0.340 e. The first kappa shape index (κ1) is 13.8. The fourth-order valence-corrected chi connectivity index (χ4v) is 2.16. The fraction of sp³-hybridized carbons (Fsp3) is 0.333. The predicted octanol–water partition coefficient (Wildman–Crippen LogP) is 4.39. The number of benzene rings is 1. The van der Waals surface area contributed by atoms with Gasteiger partial charge >= 0.3 is 0 Å². The van der Waals surface area contributed by atoms with Gasteiger partial charge in [-0.15, -0.1) is 11.6 Å². The molecule has 1 N–H and O–H groups in total. The number of aryl methyl sites for hydroxylation is 2. The molecular formula is C15H18ClN3. The van der Waals surface area contributed by atoms with Gasteiger partial charge in [0.2, 0.25) is 0 Å². The number of rotatable bonds is 4. The van der Waals surface area contributed by atoms with E-state index in [0.717, 1.165) is 35.0 Å². The van der Waals surface area contributed by atoms with Crippen LogP contribution in [0.25, 0.3) is 0 Å². The maximum Gasteiger partial charge on any atom is 0.134 e. The molecule has 0 aliphatic heterocycles. The maximum atomic E-state index is 6.19. The highest BCUT2D eigenvalue weighted by atomic mass is 35.5. The van der Waals surface area contributed by atoms with Crippen molar-refractivity contribution in [2.24, 2.45) is 0 Å². The number of anilines is 2. The molecule has 3 nitrogen and oxygen atoms in total. The molecule has 0 bridgehead atoms. The molecule has 1 aromatic carbocycles. The van der Waals surface area contributed by atoms with Gasteiger partial charge in [0, 0.05) is 17.4 Å². The average Bonchev–Trinajstić information content (AvgIpc) is 2.38. The molecule has 0 spiro atoms. The molecule has 2 aromatic rings. The van der Waals surface area contributed by atoms with Gasteiger partial charge in [0.05, 0.1) is 5.38 Å². The molecule has 1 atom stereocenters. The Morgan fingerprint density at radius 1 is 1.26 bits per heavy atom. The van der Waals surface area contributed by atoms with E-state index in [1.165, 1.54) is 0 Å². The summed E-state index contributed by atoms with van der Waals surface area (Å²) in [6, 6.07) is 9.98. The maximum absolute atomic E-state index is 6.19. The molecule has 0 amide bonds. The predicted molar refractivity (Wildman–Crippen MR) is 80.1 cm³/mol. The van der Waals surface area contributed by atoms with Crippen LogP contribution >= 0.6 is 11.6 Å². The van der Waals surface area contributed by atoms with Gasteiger partial charge in [0.25, 0.3) is 0 Å². The smallest absolute Gasteiger partial charge is 0.134 e. The summed E-state index contributed by atoms with van der Waals surface area (Å²) in [7, 11) is 0. The van der Waals surface area contributed by atoms with E-state index in [0.29, 0.717) is 0 Å². The molecule has 19 heavy (non-hydrogen) atoms. The second kappa shape index (κ2) is 6.02. The Morgan fingerprint density at radius 3 is 2.68 bits per heavy atom. The fourth-order valence-electron chi connectivity index (χ4n) is 1.97. The van der Waals surface area contributed by atoms with Crippen molar-refractivity contribution < 1.29 is 0 Å². The summed E-state index contributed by atoms with van der Waals surface area (Å²) in [4.78, 5) is 8.79. The van der Waals surface area contributed by atoms with Gasteiger partial charge in [0.1, 0.15) is 11.6 Å². The Bertz CT molecular complexity index is 567. The Balaban J connectivity index is 2.33. The first-order chi connectivity index (χ1) is 9.10. The number of alkyl halides is 1. The number of hydrogen-bond donors (Lipinski definition) is 1. The van der Waals surface area contributed by atoms with Gasteiger partial charge in [-0.3, -0.25) is 0 Å². The average molecular weight is 276 g/mol. The van der Waals surface area contributed by atoms with E-state index in [-0.39, 0.29) is 5.38 Å². The zero-order valence-electron chi connectivity index (χ0n) is 11.4. The molecule has 0 fully saturated rings. The lowest BCUT2D eigenvalue weighted by Gasteiger charge is -2.13. The monoisotopic (exact) mass is 275 g/mol. The molecule has 1 unspecified atom stereocenters. The zero-order valence-corrected chi connectivity index (χ0v) is 12.2.